The molecule has 2 unspecified atom stereocenters. The molecule has 0 radical (unpaired) electrons. The predicted octanol–water partition coefficient (Wildman–Crippen LogP) is 1.30. The summed E-state index contributed by atoms with van der Waals surface area (Å²) in [4.78, 5) is 12.0. The van der Waals surface area contributed by atoms with Crippen LogP contribution in [0, 0.1) is 5.92 Å². The van der Waals surface area contributed by atoms with E-state index in [-0.39, 0.29) is 17.9 Å². The molecule has 0 aromatic heterocycles. The molecule has 17 heavy (non-hydrogen) atoms. The molecule has 92 valence electrons. The molecule has 3 N–H and O–H groups in total. The Morgan fingerprint density at radius 2 is 2.35 bits per heavy atom. The zero-order valence-electron chi connectivity index (χ0n) is 10.3. The Morgan fingerprint density at radius 1 is 1.53 bits per heavy atom. The number of hydrazine groups is 1. The van der Waals surface area contributed by atoms with Gasteiger partial charge in [-0.05, 0) is 31.0 Å². The Labute approximate surface area is 102 Å². The van der Waals surface area contributed by atoms with E-state index in [0.717, 1.165) is 12.1 Å². The molecule has 1 aliphatic rings. The molecular formula is C13H19N3O. The van der Waals surface area contributed by atoms with Crippen LogP contribution in [0.25, 0.3) is 0 Å². The van der Waals surface area contributed by atoms with Gasteiger partial charge in [0.15, 0.2) is 0 Å². The van der Waals surface area contributed by atoms with Crippen LogP contribution in [0.2, 0.25) is 0 Å². The third-order valence-electron chi connectivity index (χ3n) is 3.19. The van der Waals surface area contributed by atoms with Gasteiger partial charge < -0.3 is 5.32 Å². The fourth-order valence-electron chi connectivity index (χ4n) is 2.03. The van der Waals surface area contributed by atoms with E-state index in [9.17, 15) is 4.79 Å². The van der Waals surface area contributed by atoms with E-state index in [4.69, 9.17) is 0 Å². The molecule has 1 aromatic rings. The van der Waals surface area contributed by atoms with E-state index in [1.165, 1.54) is 5.56 Å². The number of benzene rings is 1. The maximum absolute atomic E-state index is 12.0. The molecule has 0 saturated carbocycles. The Balaban J connectivity index is 2.02. The van der Waals surface area contributed by atoms with Crippen LogP contribution >= 0.6 is 0 Å². The zero-order chi connectivity index (χ0) is 12.3. The minimum Gasteiger partial charge on any atom is -0.326 e. The number of rotatable bonds is 3. The molecule has 2 rings (SSSR count). The van der Waals surface area contributed by atoms with Crippen LogP contribution in [0.1, 0.15) is 19.4 Å². The lowest BCUT2D eigenvalue weighted by molar-refractivity contribution is -0.119. The lowest BCUT2D eigenvalue weighted by Crippen LogP contribution is -2.33. The minimum atomic E-state index is -0.0136. The van der Waals surface area contributed by atoms with Crippen molar-refractivity contribution in [3.05, 3.63) is 29.8 Å². The molecule has 4 nitrogen and oxygen atoms in total. The number of amides is 1. The number of carbonyl (C=O) groups excluding carboxylic acids is 1. The molecule has 1 fully saturated rings. The number of anilines is 1. The van der Waals surface area contributed by atoms with Crippen molar-refractivity contribution in [2.45, 2.75) is 26.3 Å². The molecule has 1 saturated heterocycles. The lowest BCUT2D eigenvalue weighted by atomic mass is 10.0. The van der Waals surface area contributed by atoms with Gasteiger partial charge in [-0.1, -0.05) is 19.1 Å². The van der Waals surface area contributed by atoms with E-state index >= 15 is 0 Å². The topological polar surface area (TPSA) is 53.2 Å². The summed E-state index contributed by atoms with van der Waals surface area (Å²) in [6, 6.07) is 8.17. The number of carbonyl (C=O) groups is 1. The average molecular weight is 233 g/mol. The van der Waals surface area contributed by atoms with Gasteiger partial charge in [0.05, 0.1) is 5.92 Å². The Morgan fingerprint density at radius 3 is 3.00 bits per heavy atom. The van der Waals surface area contributed by atoms with Crippen LogP contribution < -0.4 is 16.2 Å². The smallest absolute Gasteiger partial charge is 0.230 e. The molecule has 0 bridgehead atoms. The first-order valence-corrected chi connectivity index (χ1v) is 6.09. The van der Waals surface area contributed by atoms with Crippen molar-refractivity contribution in [1.29, 1.82) is 0 Å². The fourth-order valence-corrected chi connectivity index (χ4v) is 2.03. The summed E-state index contributed by atoms with van der Waals surface area (Å²) in [5.41, 5.74) is 8.17. The highest BCUT2D eigenvalue weighted by atomic mass is 16.2. The van der Waals surface area contributed by atoms with Gasteiger partial charge >= 0.3 is 0 Å². The minimum absolute atomic E-state index is 0.0136. The summed E-state index contributed by atoms with van der Waals surface area (Å²) in [5.74, 6) is 0.0588. The average Bonchev–Trinajstić information content (AvgIpc) is 2.76. The van der Waals surface area contributed by atoms with E-state index in [0.29, 0.717) is 6.54 Å². The maximum Gasteiger partial charge on any atom is 0.230 e. The number of aryl methyl sites for hydroxylation is 1. The molecule has 4 heteroatoms. The molecule has 0 spiro atoms. The second-order valence-electron chi connectivity index (χ2n) is 4.46. The molecule has 1 aliphatic heterocycles. The zero-order valence-corrected chi connectivity index (χ0v) is 10.3. The Bertz CT molecular complexity index is 405. The number of hydrogen-bond acceptors (Lipinski definition) is 3. The van der Waals surface area contributed by atoms with E-state index in [1.54, 1.807) is 0 Å². The monoisotopic (exact) mass is 233 g/mol. The standard InChI is InChI=1S/C13H19N3O/c1-3-10-5-4-6-11(7-10)15-13(17)12-8-14-16-9(12)2/h4-7,9,12,14,16H,3,8H2,1-2H3,(H,15,17). The van der Waals surface area contributed by atoms with Crippen molar-refractivity contribution in [3.8, 4) is 0 Å². The molecule has 1 heterocycles. The summed E-state index contributed by atoms with van der Waals surface area (Å²) < 4.78 is 0. The van der Waals surface area contributed by atoms with Gasteiger partial charge in [-0.25, -0.2) is 0 Å². The summed E-state index contributed by atoms with van der Waals surface area (Å²) in [6.45, 7) is 4.79. The van der Waals surface area contributed by atoms with Crippen LogP contribution in [0.4, 0.5) is 5.69 Å². The van der Waals surface area contributed by atoms with Crippen molar-refractivity contribution < 1.29 is 4.79 Å². The van der Waals surface area contributed by atoms with Gasteiger partial charge in [-0.2, -0.15) is 0 Å². The van der Waals surface area contributed by atoms with Crippen molar-refractivity contribution in [1.82, 2.24) is 10.9 Å². The highest BCUT2D eigenvalue weighted by Gasteiger charge is 2.29. The van der Waals surface area contributed by atoms with Crippen LogP contribution in [-0.2, 0) is 11.2 Å². The van der Waals surface area contributed by atoms with Gasteiger partial charge in [0, 0.05) is 18.3 Å². The Hall–Kier alpha value is -1.39. The first kappa shape index (κ1) is 12.1. The summed E-state index contributed by atoms with van der Waals surface area (Å²) in [5, 5.41) is 2.97. The van der Waals surface area contributed by atoms with Crippen LogP contribution in [0.15, 0.2) is 24.3 Å². The van der Waals surface area contributed by atoms with Gasteiger partial charge in [0.2, 0.25) is 5.91 Å². The highest BCUT2D eigenvalue weighted by molar-refractivity contribution is 5.93. The third-order valence-corrected chi connectivity index (χ3v) is 3.19. The Kier molecular flexibility index (Phi) is 3.76. The van der Waals surface area contributed by atoms with Crippen LogP contribution in [-0.4, -0.2) is 18.5 Å². The van der Waals surface area contributed by atoms with E-state index < -0.39 is 0 Å². The van der Waals surface area contributed by atoms with Crippen LogP contribution in [0.3, 0.4) is 0 Å². The summed E-state index contributed by atoms with van der Waals surface area (Å²) in [7, 11) is 0. The molecule has 0 aliphatic carbocycles. The third kappa shape index (κ3) is 2.84. The first-order valence-electron chi connectivity index (χ1n) is 6.09. The summed E-state index contributed by atoms with van der Waals surface area (Å²) in [6.07, 6.45) is 0.979. The van der Waals surface area contributed by atoms with Crippen molar-refractivity contribution in [3.63, 3.8) is 0 Å². The van der Waals surface area contributed by atoms with Crippen LogP contribution in [0.5, 0.6) is 0 Å². The van der Waals surface area contributed by atoms with E-state index in [2.05, 4.69) is 29.2 Å². The van der Waals surface area contributed by atoms with Gasteiger partial charge in [0.25, 0.3) is 0 Å². The first-order chi connectivity index (χ1) is 8.20. The number of hydrogen-bond donors (Lipinski definition) is 3. The van der Waals surface area contributed by atoms with E-state index in [1.807, 2.05) is 25.1 Å². The second-order valence-corrected chi connectivity index (χ2v) is 4.46. The largest absolute Gasteiger partial charge is 0.326 e. The summed E-state index contributed by atoms with van der Waals surface area (Å²) >= 11 is 0. The number of nitrogens with one attached hydrogen (secondary N) is 3. The normalized spacial score (nSPS) is 23.6. The van der Waals surface area contributed by atoms with Crippen molar-refractivity contribution in [2.75, 3.05) is 11.9 Å². The van der Waals surface area contributed by atoms with Gasteiger partial charge in [0.1, 0.15) is 0 Å². The van der Waals surface area contributed by atoms with Crippen molar-refractivity contribution in [2.24, 2.45) is 5.92 Å². The molecular weight excluding hydrogens is 214 g/mol. The molecule has 1 aromatic carbocycles. The lowest BCUT2D eigenvalue weighted by Gasteiger charge is -2.14. The van der Waals surface area contributed by atoms with Gasteiger partial charge in [-0.3, -0.25) is 15.6 Å². The molecule has 2 atom stereocenters. The fraction of sp³-hybridized carbons (Fsp3) is 0.462. The quantitative estimate of drug-likeness (QED) is 0.737. The predicted molar refractivity (Wildman–Crippen MR) is 68.5 cm³/mol. The maximum atomic E-state index is 12.0. The highest BCUT2D eigenvalue weighted by Crippen LogP contribution is 2.14. The SMILES string of the molecule is CCc1cccc(NC(=O)C2CNNC2C)c1. The van der Waals surface area contributed by atoms with Gasteiger partial charge in [-0.15, -0.1) is 0 Å². The second kappa shape index (κ2) is 5.29. The van der Waals surface area contributed by atoms with Crippen molar-refractivity contribution >= 4 is 11.6 Å². The molecule has 1 amide bonds.